The van der Waals surface area contributed by atoms with E-state index in [1.807, 2.05) is 0 Å². The van der Waals surface area contributed by atoms with E-state index in [0.717, 1.165) is 6.07 Å². The molecule has 1 aromatic heterocycles. The summed E-state index contributed by atoms with van der Waals surface area (Å²) >= 11 is 0. The topological polar surface area (TPSA) is 114 Å². The second-order valence-corrected chi connectivity index (χ2v) is 6.10. The van der Waals surface area contributed by atoms with Crippen molar-refractivity contribution in [3.8, 4) is 0 Å². The number of benzene rings is 1. The molecule has 1 aliphatic rings. The Morgan fingerprint density at radius 1 is 1.17 bits per heavy atom. The van der Waals surface area contributed by atoms with Crippen LogP contribution in [0, 0.1) is 10.1 Å². The zero-order chi connectivity index (χ0) is 21.3. The van der Waals surface area contributed by atoms with Crippen molar-refractivity contribution in [2.45, 2.75) is 12.7 Å². The van der Waals surface area contributed by atoms with E-state index in [1.165, 1.54) is 30.5 Å². The summed E-state index contributed by atoms with van der Waals surface area (Å²) in [6, 6.07) is 6.17. The number of hydrogen-bond donors (Lipinski definition) is 0. The first kappa shape index (κ1) is 20.0. The van der Waals surface area contributed by atoms with Crippen LogP contribution in [-0.2, 0) is 11.3 Å². The first-order chi connectivity index (χ1) is 13.6. The Hall–Kier alpha value is -3.70. The molecule has 9 nitrogen and oxygen atoms in total. The molecule has 2 aromatic rings. The Bertz CT molecular complexity index is 987. The lowest BCUT2D eigenvalue weighted by molar-refractivity contribution is -0.385. The molecule has 152 valence electrons. The molecule has 0 spiro atoms. The van der Waals surface area contributed by atoms with Gasteiger partial charge in [-0.15, -0.1) is 0 Å². The predicted octanol–water partition coefficient (Wildman–Crippen LogP) is 2.37. The maximum Gasteiger partial charge on any atom is 0.406 e. The van der Waals surface area contributed by atoms with Crippen LogP contribution in [0.2, 0.25) is 0 Å². The van der Waals surface area contributed by atoms with E-state index in [2.05, 4.69) is 0 Å². The predicted molar refractivity (Wildman–Crippen MR) is 88.6 cm³/mol. The number of alkyl halides is 3. The van der Waals surface area contributed by atoms with Gasteiger partial charge in [0.1, 0.15) is 24.4 Å². The lowest BCUT2D eigenvalue weighted by atomic mass is 10.1. The smallest absolute Gasteiger partial charge is 0.406 e. The number of nitrogens with zero attached hydrogens (tertiary/aromatic N) is 3. The fourth-order valence-electron chi connectivity index (χ4n) is 2.89. The largest absolute Gasteiger partial charge is 0.467 e. The molecule has 1 aromatic carbocycles. The number of halogens is 3. The van der Waals surface area contributed by atoms with Gasteiger partial charge < -0.3 is 9.32 Å². The van der Waals surface area contributed by atoms with Crippen LogP contribution in [0.1, 0.15) is 26.5 Å². The summed E-state index contributed by atoms with van der Waals surface area (Å²) in [5.41, 5.74) is -1.41. The van der Waals surface area contributed by atoms with Gasteiger partial charge in [0.25, 0.3) is 17.5 Å². The molecule has 0 aliphatic carbocycles. The molecule has 0 fully saturated rings. The Labute approximate surface area is 160 Å². The average Bonchev–Trinajstić information content (AvgIpc) is 3.22. The normalized spacial score (nSPS) is 13.6. The fourth-order valence-corrected chi connectivity index (χ4v) is 2.89. The maximum atomic E-state index is 12.9. The van der Waals surface area contributed by atoms with Crippen molar-refractivity contribution in [2.24, 2.45) is 0 Å². The molecule has 0 saturated carbocycles. The minimum absolute atomic E-state index is 0.0700. The van der Waals surface area contributed by atoms with Crippen LogP contribution in [0.25, 0.3) is 0 Å². The third kappa shape index (κ3) is 4.10. The zero-order valence-corrected chi connectivity index (χ0v) is 14.5. The van der Waals surface area contributed by atoms with Gasteiger partial charge >= 0.3 is 6.18 Å². The molecule has 3 amide bonds. The van der Waals surface area contributed by atoms with E-state index in [1.54, 1.807) is 0 Å². The number of amides is 3. The molecule has 0 unspecified atom stereocenters. The van der Waals surface area contributed by atoms with Gasteiger partial charge in [-0.05, 0) is 18.2 Å². The number of fused-ring (bicyclic) bond motifs is 1. The highest BCUT2D eigenvalue weighted by atomic mass is 19.4. The SMILES string of the molecule is O=C(CN1C(=O)c2cccc([N+](=O)[O-])c2C1=O)N(Cc1ccco1)CC(F)(F)F. The van der Waals surface area contributed by atoms with E-state index in [-0.39, 0.29) is 11.3 Å². The van der Waals surface area contributed by atoms with Gasteiger partial charge in [-0.1, -0.05) is 6.07 Å². The summed E-state index contributed by atoms with van der Waals surface area (Å²) in [5, 5.41) is 11.1. The Balaban J connectivity index is 1.84. The number of carbonyl (C=O) groups excluding carboxylic acids is 3. The first-order valence-corrected chi connectivity index (χ1v) is 8.09. The van der Waals surface area contributed by atoms with E-state index in [9.17, 15) is 37.7 Å². The molecule has 0 radical (unpaired) electrons. The molecular weight excluding hydrogens is 399 g/mol. The van der Waals surface area contributed by atoms with Crippen molar-refractivity contribution in [1.29, 1.82) is 0 Å². The molecular formula is C17H12F3N3O6. The van der Waals surface area contributed by atoms with Crippen LogP contribution in [0.5, 0.6) is 0 Å². The van der Waals surface area contributed by atoms with Crippen molar-refractivity contribution in [3.05, 3.63) is 63.6 Å². The monoisotopic (exact) mass is 411 g/mol. The van der Waals surface area contributed by atoms with Gasteiger partial charge in [0, 0.05) is 6.07 Å². The van der Waals surface area contributed by atoms with Gasteiger partial charge in [-0.3, -0.25) is 29.4 Å². The summed E-state index contributed by atoms with van der Waals surface area (Å²) in [6.45, 7) is -3.16. The van der Waals surface area contributed by atoms with Gasteiger partial charge in [0.05, 0.1) is 23.3 Å². The number of carbonyl (C=O) groups is 3. The van der Waals surface area contributed by atoms with Crippen molar-refractivity contribution < 1.29 is 36.9 Å². The Morgan fingerprint density at radius 2 is 1.90 bits per heavy atom. The summed E-state index contributed by atoms with van der Waals surface area (Å²) in [6.07, 6.45) is -3.52. The molecule has 0 bridgehead atoms. The minimum atomic E-state index is -4.73. The number of nitro benzene ring substituents is 1. The summed E-state index contributed by atoms with van der Waals surface area (Å²) < 4.78 is 43.6. The van der Waals surface area contributed by atoms with Gasteiger partial charge in [0.15, 0.2) is 0 Å². The lowest BCUT2D eigenvalue weighted by Crippen LogP contribution is -2.45. The highest BCUT2D eigenvalue weighted by Gasteiger charge is 2.43. The standard InChI is InChI=1S/C17H12F3N3O6/c18-17(19,20)9-21(7-10-3-2-6-29-10)13(24)8-22-15(25)11-4-1-5-12(23(27)28)14(11)16(22)26/h1-6H,7-9H2. The van der Waals surface area contributed by atoms with E-state index in [0.29, 0.717) is 9.80 Å². The molecule has 0 saturated heterocycles. The minimum Gasteiger partial charge on any atom is -0.467 e. The van der Waals surface area contributed by atoms with Gasteiger partial charge in [-0.2, -0.15) is 13.2 Å². The third-order valence-electron chi connectivity index (χ3n) is 4.12. The lowest BCUT2D eigenvalue weighted by Gasteiger charge is -2.25. The number of imide groups is 1. The quantitative estimate of drug-likeness (QED) is 0.410. The number of rotatable bonds is 6. The molecule has 2 heterocycles. The number of hydrogen-bond acceptors (Lipinski definition) is 6. The second-order valence-electron chi connectivity index (χ2n) is 6.10. The van der Waals surface area contributed by atoms with Crippen LogP contribution in [0.4, 0.5) is 18.9 Å². The molecule has 12 heteroatoms. The summed E-state index contributed by atoms with van der Waals surface area (Å²) in [5.74, 6) is -3.21. The Morgan fingerprint density at radius 3 is 2.48 bits per heavy atom. The molecule has 0 atom stereocenters. The number of furan rings is 1. The van der Waals surface area contributed by atoms with Crippen LogP contribution in [0.15, 0.2) is 41.0 Å². The second kappa shape index (κ2) is 7.37. The van der Waals surface area contributed by atoms with Crippen LogP contribution >= 0.6 is 0 Å². The van der Waals surface area contributed by atoms with E-state index < -0.39 is 59.7 Å². The molecule has 0 N–H and O–H groups in total. The zero-order valence-electron chi connectivity index (χ0n) is 14.5. The van der Waals surface area contributed by atoms with Crippen molar-refractivity contribution in [2.75, 3.05) is 13.1 Å². The van der Waals surface area contributed by atoms with Crippen LogP contribution < -0.4 is 0 Å². The van der Waals surface area contributed by atoms with Crippen LogP contribution in [0.3, 0.4) is 0 Å². The molecule has 3 rings (SSSR count). The van der Waals surface area contributed by atoms with Gasteiger partial charge in [-0.25, -0.2) is 0 Å². The molecule has 29 heavy (non-hydrogen) atoms. The summed E-state index contributed by atoms with van der Waals surface area (Å²) in [7, 11) is 0. The van der Waals surface area contributed by atoms with Crippen molar-refractivity contribution in [1.82, 2.24) is 9.80 Å². The van der Waals surface area contributed by atoms with Crippen LogP contribution in [-0.4, -0.2) is 51.7 Å². The van der Waals surface area contributed by atoms with E-state index in [4.69, 9.17) is 4.42 Å². The van der Waals surface area contributed by atoms with Crippen molar-refractivity contribution in [3.63, 3.8) is 0 Å². The van der Waals surface area contributed by atoms with Crippen molar-refractivity contribution >= 4 is 23.4 Å². The third-order valence-corrected chi connectivity index (χ3v) is 4.12. The first-order valence-electron chi connectivity index (χ1n) is 8.09. The Kier molecular flexibility index (Phi) is 5.10. The summed E-state index contributed by atoms with van der Waals surface area (Å²) in [4.78, 5) is 48.4. The maximum absolute atomic E-state index is 12.9. The van der Waals surface area contributed by atoms with E-state index >= 15 is 0 Å². The highest BCUT2D eigenvalue weighted by Crippen LogP contribution is 2.31. The molecule has 1 aliphatic heterocycles. The van der Waals surface area contributed by atoms with Gasteiger partial charge in [0.2, 0.25) is 5.91 Å². The fraction of sp³-hybridized carbons (Fsp3) is 0.235. The highest BCUT2D eigenvalue weighted by molar-refractivity contribution is 6.24. The average molecular weight is 411 g/mol. The number of nitro groups is 1.